The molecule has 290 valence electrons. The van der Waals surface area contributed by atoms with Crippen molar-refractivity contribution >= 4 is 11.7 Å². The predicted molar refractivity (Wildman–Crippen MR) is 204 cm³/mol. The number of nitro benzene ring substituents is 1. The highest BCUT2D eigenvalue weighted by atomic mass is 16.6. The summed E-state index contributed by atoms with van der Waals surface area (Å²) in [5.41, 5.74) is 6.36. The quantitative estimate of drug-likeness (QED) is 0.0813. The van der Waals surface area contributed by atoms with Crippen LogP contribution < -0.4 is 14.8 Å². The van der Waals surface area contributed by atoms with Crippen molar-refractivity contribution in [1.82, 2.24) is 20.4 Å². The number of ether oxygens (including phenoxy) is 3. The minimum atomic E-state index is -1.34. The lowest BCUT2D eigenvalue weighted by Crippen LogP contribution is -2.44. The Morgan fingerprint density at radius 1 is 0.982 bits per heavy atom. The smallest absolute Gasteiger partial charge is 0.323 e. The summed E-state index contributed by atoms with van der Waals surface area (Å²) >= 11 is 0. The molecule has 2 heterocycles. The fourth-order valence-electron chi connectivity index (χ4n) is 6.53. The summed E-state index contributed by atoms with van der Waals surface area (Å²) in [7, 11) is 0. The Hall–Kier alpha value is -6.18. The monoisotopic (exact) mass is 762 g/mol. The van der Waals surface area contributed by atoms with Crippen LogP contribution in [0.3, 0.4) is 0 Å². The van der Waals surface area contributed by atoms with Gasteiger partial charge in [-0.2, -0.15) is 10.2 Å². The van der Waals surface area contributed by atoms with Crippen molar-refractivity contribution in [1.29, 1.82) is 5.26 Å². The van der Waals surface area contributed by atoms with Gasteiger partial charge in [0.15, 0.2) is 5.82 Å². The average Bonchev–Trinajstić information content (AvgIpc) is 3.65. The number of nitrogens with one attached hydrogen (secondary N) is 1. The van der Waals surface area contributed by atoms with E-state index in [1.54, 1.807) is 24.3 Å². The van der Waals surface area contributed by atoms with E-state index in [1.165, 1.54) is 19.1 Å². The van der Waals surface area contributed by atoms with Gasteiger partial charge in [-0.05, 0) is 72.4 Å². The molecule has 56 heavy (non-hydrogen) atoms. The van der Waals surface area contributed by atoms with E-state index in [0.717, 1.165) is 46.5 Å². The third-order valence-corrected chi connectivity index (χ3v) is 9.67. The van der Waals surface area contributed by atoms with Crippen LogP contribution in [0.1, 0.15) is 46.1 Å². The van der Waals surface area contributed by atoms with Crippen LogP contribution in [-0.4, -0.2) is 74.6 Å². The lowest BCUT2D eigenvalue weighted by Gasteiger charge is -2.24. The molecule has 1 fully saturated rings. The maximum atomic E-state index is 12.4. The van der Waals surface area contributed by atoms with Gasteiger partial charge >= 0.3 is 11.7 Å². The second-order valence-electron chi connectivity index (χ2n) is 13.5. The predicted octanol–water partition coefficient (Wildman–Crippen LogP) is 5.71. The Kier molecular flexibility index (Phi) is 12.7. The molecule has 4 aromatic carbocycles. The van der Waals surface area contributed by atoms with Crippen LogP contribution in [0.5, 0.6) is 11.5 Å². The van der Waals surface area contributed by atoms with Gasteiger partial charge in [0.1, 0.15) is 25.0 Å². The van der Waals surface area contributed by atoms with Crippen molar-refractivity contribution in [2.75, 3.05) is 26.3 Å². The summed E-state index contributed by atoms with van der Waals surface area (Å²) in [6, 6.07) is 21.9. The molecule has 0 bridgehead atoms. The number of benzene rings is 4. The maximum absolute atomic E-state index is 12.4. The van der Waals surface area contributed by atoms with Crippen LogP contribution in [0.2, 0.25) is 0 Å². The van der Waals surface area contributed by atoms with Gasteiger partial charge in [0, 0.05) is 42.9 Å². The summed E-state index contributed by atoms with van der Waals surface area (Å²) in [6.07, 6.45) is -1.24. The van der Waals surface area contributed by atoms with Gasteiger partial charge in [-0.25, -0.2) is 0 Å². The van der Waals surface area contributed by atoms with Gasteiger partial charge in [-0.3, -0.25) is 25.1 Å². The van der Waals surface area contributed by atoms with Gasteiger partial charge < -0.3 is 28.9 Å². The highest BCUT2D eigenvalue weighted by Gasteiger charge is 2.26. The van der Waals surface area contributed by atoms with Crippen LogP contribution in [-0.2, 0) is 35.8 Å². The lowest BCUT2D eigenvalue weighted by atomic mass is 9.91. The molecule has 1 saturated heterocycles. The third-order valence-electron chi connectivity index (χ3n) is 9.67. The first-order valence-electron chi connectivity index (χ1n) is 18.0. The second-order valence-corrected chi connectivity index (χ2v) is 13.5. The molecule has 0 aliphatic carbocycles. The van der Waals surface area contributed by atoms with Crippen LogP contribution in [0.4, 0.5) is 5.69 Å². The minimum Gasteiger partial charge on any atom is -0.488 e. The van der Waals surface area contributed by atoms with Gasteiger partial charge in [0.2, 0.25) is 5.75 Å². The molecule has 15 nitrogen and oxygen atoms in total. The number of aliphatic hydroxyl groups excluding tert-OH is 1. The topological polar surface area (TPSA) is 206 Å². The average molecular weight is 763 g/mol. The number of morpholine rings is 1. The fourth-order valence-corrected chi connectivity index (χ4v) is 6.53. The van der Waals surface area contributed by atoms with E-state index in [1.807, 2.05) is 50.2 Å². The first kappa shape index (κ1) is 39.5. The van der Waals surface area contributed by atoms with Crippen molar-refractivity contribution < 1.29 is 38.7 Å². The number of nitro groups is 1. The number of hydrogen-bond donors (Lipinski definition) is 3. The molecule has 0 amide bonds. The SMILES string of the molecule is Cc1c(COc2cc(OCc3cccc(C#N)c3)c(CN[C@H](C(=O)O)C(C)O)cc2[N+](=O)[O-])cccc1-c1cccc(-c2nc(CN3CCOCC3)no2)c1C. The second kappa shape index (κ2) is 18.0. The first-order valence-corrected chi connectivity index (χ1v) is 18.0. The standard InChI is InChI=1S/C41H42N6O9/c1-25-30(9-5-10-32(25)33-11-6-12-34(26(33)2)40-44-38(45-56-40)22-46-13-15-53-16-14-46)24-55-37-19-36(54-23-29-8-4-7-28(17-29)20-42)31(18-35(37)47(51)52)21-43-39(27(3)48)41(49)50/h4-12,17-19,27,39,43,48H,13-16,21-24H2,1-3H3,(H,49,50)/t27?,39-/m0/s1. The van der Waals surface area contributed by atoms with Crippen molar-refractivity contribution in [2.24, 2.45) is 0 Å². The number of nitrogens with zero attached hydrogens (tertiary/aromatic N) is 5. The molecular formula is C41H42N6O9. The fraction of sp³-hybridized carbons (Fsp3) is 0.317. The normalized spacial score (nSPS) is 14.1. The van der Waals surface area contributed by atoms with Gasteiger partial charge in [-0.1, -0.05) is 47.6 Å². The summed E-state index contributed by atoms with van der Waals surface area (Å²) in [5, 5.41) is 48.3. The van der Waals surface area contributed by atoms with E-state index in [-0.39, 0.29) is 42.5 Å². The van der Waals surface area contributed by atoms with Crippen molar-refractivity contribution in [3.05, 3.63) is 122 Å². The number of aliphatic hydroxyl groups is 1. The maximum Gasteiger partial charge on any atom is 0.323 e. The molecule has 1 aromatic heterocycles. The Labute approximate surface area is 323 Å². The Morgan fingerprint density at radius 3 is 2.39 bits per heavy atom. The van der Waals surface area contributed by atoms with Crippen LogP contribution in [0, 0.1) is 35.3 Å². The van der Waals surface area contributed by atoms with Gasteiger partial charge in [0.25, 0.3) is 5.89 Å². The molecule has 3 N–H and O–H groups in total. The van der Waals surface area contributed by atoms with E-state index in [4.69, 9.17) is 18.7 Å². The molecule has 0 radical (unpaired) electrons. The third kappa shape index (κ3) is 9.36. The number of aromatic nitrogens is 2. The number of carbonyl (C=O) groups is 1. The van der Waals surface area contributed by atoms with Crippen LogP contribution in [0.25, 0.3) is 22.6 Å². The molecule has 1 aliphatic rings. The first-order chi connectivity index (χ1) is 27.0. The zero-order chi connectivity index (χ0) is 39.8. The van der Waals surface area contributed by atoms with Crippen LogP contribution in [0.15, 0.2) is 77.3 Å². The Balaban J connectivity index is 1.26. The summed E-state index contributed by atoms with van der Waals surface area (Å²) in [5.74, 6) is -0.116. The van der Waals surface area contributed by atoms with Crippen LogP contribution >= 0.6 is 0 Å². The molecule has 0 saturated carbocycles. The molecule has 6 rings (SSSR count). The van der Waals surface area contributed by atoms with Crippen molar-refractivity contribution in [3.8, 4) is 40.1 Å². The number of hydrogen-bond acceptors (Lipinski definition) is 13. The largest absolute Gasteiger partial charge is 0.488 e. The Morgan fingerprint density at radius 2 is 1.68 bits per heavy atom. The molecule has 15 heteroatoms. The molecule has 1 aliphatic heterocycles. The number of aliphatic carboxylic acids is 1. The van der Waals surface area contributed by atoms with Crippen molar-refractivity contribution in [3.63, 3.8) is 0 Å². The summed E-state index contributed by atoms with van der Waals surface area (Å²) in [4.78, 5) is 30.4. The lowest BCUT2D eigenvalue weighted by molar-refractivity contribution is -0.386. The van der Waals surface area contributed by atoms with E-state index >= 15 is 0 Å². The Bertz CT molecular complexity index is 2240. The van der Waals surface area contributed by atoms with E-state index in [9.17, 15) is 30.4 Å². The highest BCUT2D eigenvalue weighted by Crippen LogP contribution is 2.38. The molecule has 0 spiro atoms. The highest BCUT2D eigenvalue weighted by molar-refractivity contribution is 5.78. The van der Waals surface area contributed by atoms with E-state index in [2.05, 4.69) is 26.4 Å². The number of nitriles is 1. The van der Waals surface area contributed by atoms with E-state index < -0.39 is 23.0 Å². The number of carboxylic acids is 1. The van der Waals surface area contributed by atoms with E-state index in [0.29, 0.717) is 42.6 Å². The zero-order valence-corrected chi connectivity index (χ0v) is 31.2. The molecular weight excluding hydrogens is 720 g/mol. The summed E-state index contributed by atoms with van der Waals surface area (Å²) < 4.78 is 23.4. The van der Waals surface area contributed by atoms with Gasteiger partial charge in [0.05, 0.1) is 42.4 Å². The van der Waals surface area contributed by atoms with Gasteiger partial charge in [-0.15, -0.1) is 0 Å². The summed E-state index contributed by atoms with van der Waals surface area (Å²) in [6.45, 7) is 8.65. The molecule has 2 atom stereocenters. The zero-order valence-electron chi connectivity index (χ0n) is 31.2. The van der Waals surface area contributed by atoms with Crippen molar-refractivity contribution in [2.45, 2.75) is 59.2 Å². The minimum absolute atomic E-state index is 0.0108. The number of rotatable bonds is 16. The molecule has 1 unspecified atom stereocenters. The number of carboxylic acid groups (broad SMARTS) is 1. The molecule has 5 aromatic rings.